The predicted molar refractivity (Wildman–Crippen MR) is 443 cm³/mol. The van der Waals surface area contributed by atoms with Gasteiger partial charge in [0, 0.05) is 152 Å². The second-order valence-electron chi connectivity index (χ2n) is 26.2. The van der Waals surface area contributed by atoms with Gasteiger partial charge in [0.05, 0.1) is 20.1 Å². The van der Waals surface area contributed by atoms with Crippen molar-refractivity contribution < 1.29 is 119 Å². The highest BCUT2D eigenvalue weighted by Crippen LogP contribution is 2.21. The number of nitrogens with one attached hydrogen (secondary N) is 4. The molecule has 4 aliphatic heterocycles. The topological polar surface area (TPSA) is 460 Å². The molecular formula is C72H147N23O25. The van der Waals surface area contributed by atoms with Crippen LogP contribution in [0.25, 0.3) is 0 Å². The molecular weight excluding hydrogens is 1590 g/mol. The molecule has 2 aromatic rings. The standard InChI is InChI=1S/C24H48N4O6.C15H30N6O6.C10H19N5O3.C8H17N3O3.C8H16N2O3.C7H14N2O4.H3N/c1-5-9-13-31-19-25-17-26(20-32-14-10-6-2)24(30)28(22-34-16-12-8-4)18-27(23(25)29)21-33-15-11-7-3;1-22-7-16-13(27-6)12-17-14(20(8-23-2)9-24-3)19-15(18-12)21(10-25-4)11-26-5;1-16-5-11-8-4-9(12-6-17-2)15-10(14-8)13-7-18-3;1-9-4-10(6-13-2)8(12)11(5-9)7-14-3;1-12-6-9-4-3-5-10(7-13-2)8(9)11;1-11-3-8-5-13-6-9(4-12-2)7(8)10;/h5-22H2,1-4H3;13,16H,7-11H2,1-6H3;4H,5-7H2,1-3H3,(H3,11,12,13,14,15);4-7H2,1-3H3;3-7H2,1-2H3;3-6H2,1-2H3;1H3. The van der Waals surface area contributed by atoms with Gasteiger partial charge in [-0.05, 0) is 39.2 Å². The summed E-state index contributed by atoms with van der Waals surface area (Å²) in [6, 6.07) is 1.10. The van der Waals surface area contributed by atoms with E-state index in [0.717, 1.165) is 70.9 Å². The molecule has 6 heterocycles. The van der Waals surface area contributed by atoms with Gasteiger partial charge in [-0.15, -0.1) is 0 Å². The third-order valence-electron chi connectivity index (χ3n) is 15.9. The van der Waals surface area contributed by atoms with Crippen molar-refractivity contribution in [2.45, 2.75) is 91.7 Å². The van der Waals surface area contributed by atoms with Gasteiger partial charge in [-0.1, -0.05) is 53.4 Å². The van der Waals surface area contributed by atoms with Crippen molar-refractivity contribution in [3.05, 3.63) is 11.9 Å². The number of methoxy groups -OCH3 is 15. The third-order valence-corrected chi connectivity index (χ3v) is 15.9. The van der Waals surface area contributed by atoms with Crippen LogP contribution in [0.15, 0.2) is 6.07 Å². The van der Waals surface area contributed by atoms with Crippen LogP contribution in [0.1, 0.15) is 97.5 Å². The second-order valence-corrected chi connectivity index (χ2v) is 26.2. The minimum absolute atomic E-state index is 0. The van der Waals surface area contributed by atoms with Crippen molar-refractivity contribution >= 4 is 59.6 Å². The lowest BCUT2D eigenvalue weighted by atomic mass is 10.3. The van der Waals surface area contributed by atoms with Crippen LogP contribution < -0.4 is 37.2 Å². The molecule has 48 nitrogen and oxygen atoms in total. The lowest BCUT2D eigenvalue weighted by Gasteiger charge is -2.41. The third kappa shape index (κ3) is 46.7. The number of aromatic nitrogens is 5. The van der Waals surface area contributed by atoms with E-state index in [-0.39, 0.29) is 137 Å². The summed E-state index contributed by atoms with van der Waals surface area (Å²) in [5.41, 5.74) is 0. The van der Waals surface area contributed by atoms with Crippen molar-refractivity contribution in [1.29, 1.82) is 0 Å². The predicted octanol–water partition coefficient (Wildman–Crippen LogP) is 4.85. The van der Waals surface area contributed by atoms with E-state index in [0.29, 0.717) is 122 Å². The molecule has 7 N–H and O–H groups in total. The van der Waals surface area contributed by atoms with Crippen molar-refractivity contribution in [3.63, 3.8) is 0 Å². The average molecular weight is 1740 g/mol. The van der Waals surface area contributed by atoms with E-state index in [4.69, 9.17) is 94.7 Å². The molecule has 10 amide bonds. The fourth-order valence-electron chi connectivity index (χ4n) is 10.3. The van der Waals surface area contributed by atoms with Crippen molar-refractivity contribution in [3.8, 4) is 0 Å². The first-order chi connectivity index (χ1) is 57.8. The zero-order valence-corrected chi connectivity index (χ0v) is 75.2. The molecule has 0 saturated carbocycles. The minimum atomic E-state index is -0.607. The maximum absolute atomic E-state index is 13.4. The summed E-state index contributed by atoms with van der Waals surface area (Å²) in [7, 11) is 25.5. The summed E-state index contributed by atoms with van der Waals surface area (Å²) in [5, 5.41) is 11.9. The number of urea groups is 5. The fraction of sp³-hybridized carbons (Fsp3) is 0.833. The Labute approximate surface area is 710 Å². The van der Waals surface area contributed by atoms with E-state index in [9.17, 15) is 24.0 Å². The molecule has 700 valence electrons. The number of nitrogens with zero attached hydrogens (tertiary/aromatic N) is 18. The van der Waals surface area contributed by atoms with Crippen LogP contribution in [-0.2, 0) is 94.7 Å². The molecule has 6 rings (SSSR count). The molecule has 0 bridgehead atoms. The van der Waals surface area contributed by atoms with E-state index in [1.54, 1.807) is 128 Å². The Morgan fingerprint density at radius 3 is 1.00 bits per heavy atom. The number of anilines is 5. The van der Waals surface area contributed by atoms with Crippen molar-refractivity contribution in [2.24, 2.45) is 0 Å². The summed E-state index contributed by atoms with van der Waals surface area (Å²) in [5.74, 6) is 2.82. The van der Waals surface area contributed by atoms with Gasteiger partial charge in [0.15, 0.2) is 12.1 Å². The summed E-state index contributed by atoms with van der Waals surface area (Å²) >= 11 is 0. The van der Waals surface area contributed by atoms with Gasteiger partial charge in [0.1, 0.15) is 153 Å². The largest absolute Gasteiger partial charge is 0.369 e. The summed E-state index contributed by atoms with van der Waals surface area (Å²) in [6.07, 6.45) is 8.05. The van der Waals surface area contributed by atoms with Gasteiger partial charge < -0.3 is 127 Å². The number of carbonyl (C=O) groups is 5. The lowest BCUT2D eigenvalue weighted by Crippen LogP contribution is -2.60. The van der Waals surface area contributed by atoms with Crippen LogP contribution in [0, 0.1) is 0 Å². The van der Waals surface area contributed by atoms with E-state index in [1.807, 2.05) is 11.9 Å². The van der Waals surface area contributed by atoms with Gasteiger partial charge in [0.25, 0.3) is 0 Å². The Morgan fingerprint density at radius 2 is 0.683 bits per heavy atom. The number of carbonyl (C=O) groups excluding carboxylic acids is 5. The molecule has 1 unspecified atom stereocenters. The zero-order valence-electron chi connectivity index (χ0n) is 75.2. The first kappa shape index (κ1) is 113. The highest BCUT2D eigenvalue weighted by atomic mass is 16.6. The highest BCUT2D eigenvalue weighted by Gasteiger charge is 2.35. The molecule has 4 aliphatic rings. The molecule has 1 atom stereocenters. The Bertz CT molecular complexity index is 2590. The molecule has 0 aliphatic carbocycles. The number of rotatable bonds is 56. The fourth-order valence-corrected chi connectivity index (χ4v) is 10.3. The number of hydrogen-bond donors (Lipinski definition) is 5. The normalized spacial score (nSPS) is 14.8. The Hall–Kier alpha value is -7.48. The maximum Gasteiger partial charge on any atom is 0.327 e. The SMILES string of the molecule is CCCCOCN1CN(COCCCC)C(=O)N(COCCCC)CN(COCCCC)C1=O.COCN1CCCN(COC)C1=O.COCN1CN(C)CN(COC)C1=O.COCN1COCN(COC)C1=O.COCNC(OC)c1nc(N(COC)COC)nc(N(COC)COC)n1.COCNc1cc(NCOC)nc(NCOC)n1.N. The Kier molecular flexibility index (Phi) is 68.5. The van der Waals surface area contributed by atoms with Crippen LogP contribution in [0.4, 0.5) is 53.5 Å². The molecule has 2 aromatic heterocycles. The minimum Gasteiger partial charge on any atom is -0.369 e. The first-order valence-corrected chi connectivity index (χ1v) is 39.0. The average Bonchev–Trinajstić information content (AvgIpc) is 0.827. The molecule has 120 heavy (non-hydrogen) atoms. The summed E-state index contributed by atoms with van der Waals surface area (Å²) < 4.78 is 104. The van der Waals surface area contributed by atoms with E-state index in [1.165, 1.54) is 43.6 Å². The Morgan fingerprint density at radius 1 is 0.375 bits per heavy atom. The van der Waals surface area contributed by atoms with Crippen LogP contribution in [0.5, 0.6) is 0 Å². The van der Waals surface area contributed by atoms with E-state index >= 15 is 0 Å². The van der Waals surface area contributed by atoms with Gasteiger partial charge in [-0.3, -0.25) is 59.2 Å². The number of hydrogen-bond acceptors (Lipinski definition) is 38. The smallest absolute Gasteiger partial charge is 0.327 e. The molecule has 0 spiro atoms. The van der Waals surface area contributed by atoms with E-state index in [2.05, 4.69) is 73.9 Å². The number of amides is 10. The van der Waals surface area contributed by atoms with E-state index < -0.39 is 6.23 Å². The molecule has 4 saturated heterocycles. The quantitative estimate of drug-likeness (QED) is 0.0436. The maximum atomic E-state index is 13.4. The zero-order chi connectivity index (χ0) is 88.2. The number of ether oxygens (including phenoxy) is 20. The monoisotopic (exact) mass is 1730 g/mol. The molecule has 48 heteroatoms. The van der Waals surface area contributed by atoms with Crippen LogP contribution >= 0.6 is 0 Å². The van der Waals surface area contributed by atoms with Crippen LogP contribution in [-0.4, -0.2) is 423 Å². The number of unbranched alkanes of at least 4 members (excludes halogenated alkanes) is 4. The summed E-state index contributed by atoms with van der Waals surface area (Å²) in [4.78, 5) is 105. The highest BCUT2D eigenvalue weighted by molar-refractivity contribution is 5.79. The van der Waals surface area contributed by atoms with Crippen LogP contribution in [0.2, 0.25) is 0 Å². The molecule has 0 aromatic carbocycles. The molecule has 0 radical (unpaired) electrons. The van der Waals surface area contributed by atoms with Crippen LogP contribution in [0.3, 0.4) is 0 Å². The van der Waals surface area contributed by atoms with Gasteiger partial charge in [-0.25, -0.2) is 24.0 Å². The van der Waals surface area contributed by atoms with Crippen molar-refractivity contribution in [2.75, 3.05) is 340 Å². The van der Waals surface area contributed by atoms with Crippen molar-refractivity contribution in [1.82, 2.24) is 90.3 Å². The molecule has 4 fully saturated rings. The van der Waals surface area contributed by atoms with Gasteiger partial charge >= 0.3 is 30.2 Å². The second kappa shape index (κ2) is 73.1. The first-order valence-electron chi connectivity index (χ1n) is 39.0. The Balaban J connectivity index is 0.00000147. The summed E-state index contributed by atoms with van der Waals surface area (Å²) in [6.45, 7) is 18.5. The van der Waals surface area contributed by atoms with Gasteiger partial charge in [-0.2, -0.15) is 24.9 Å². The van der Waals surface area contributed by atoms with Gasteiger partial charge in [0.2, 0.25) is 17.8 Å². The lowest BCUT2D eigenvalue weighted by molar-refractivity contribution is -0.102.